The van der Waals surface area contributed by atoms with Crippen LogP contribution < -0.4 is 15.4 Å². The Balaban J connectivity index is 2.05. The van der Waals surface area contributed by atoms with Gasteiger partial charge in [-0.15, -0.1) is 0 Å². The lowest BCUT2D eigenvalue weighted by molar-refractivity contribution is -0.154. The Morgan fingerprint density at radius 1 is 1.24 bits per heavy atom. The minimum absolute atomic E-state index is 0.0956. The zero-order valence-electron chi connectivity index (χ0n) is 15.5. The van der Waals surface area contributed by atoms with E-state index in [1.807, 2.05) is 0 Å². The summed E-state index contributed by atoms with van der Waals surface area (Å²) in [5.41, 5.74) is 0.653. The number of carbonyl (C=O) groups excluding carboxylic acids is 2. The molecule has 0 aromatic carbocycles. The monoisotopic (exact) mass is 430 g/mol. The molecular formula is C18H18ClF3N4O3. The minimum Gasteiger partial charge on any atom is -0.468 e. The molecule has 0 aliphatic rings. The van der Waals surface area contributed by atoms with Crippen LogP contribution in [0.5, 0.6) is 5.88 Å². The second-order valence-corrected chi connectivity index (χ2v) is 6.39. The van der Waals surface area contributed by atoms with Crippen molar-refractivity contribution in [2.45, 2.75) is 32.5 Å². The number of nitrogens with one attached hydrogen (secondary N) is 2. The number of hydrogen-bond acceptors (Lipinski definition) is 5. The predicted octanol–water partition coefficient (Wildman–Crippen LogP) is 3.91. The Labute approximate surface area is 169 Å². The van der Waals surface area contributed by atoms with Crippen LogP contribution in [0.4, 0.5) is 19.0 Å². The van der Waals surface area contributed by atoms with Gasteiger partial charge in [-0.25, -0.2) is 9.97 Å². The zero-order chi connectivity index (χ0) is 21.6. The number of hydrogen-bond donors (Lipinski definition) is 2. The standard InChI is InChI=1S/C18H18ClF3N4O3/c1-3-15(27)26-14-6-12(13(19)8-23-14)17(28)25-10(2)11-4-5-16(24-7-11)29-9-18(20,21)22/h4-8,10H,3,9H2,1-2H3,(H,25,28)(H,23,26,27). The molecule has 0 spiro atoms. The van der Waals surface area contributed by atoms with Crippen molar-refractivity contribution in [3.8, 4) is 5.88 Å². The van der Waals surface area contributed by atoms with Gasteiger partial charge in [0.15, 0.2) is 6.61 Å². The van der Waals surface area contributed by atoms with Crippen LogP contribution in [0.2, 0.25) is 5.02 Å². The van der Waals surface area contributed by atoms with Crippen LogP contribution in [0, 0.1) is 0 Å². The van der Waals surface area contributed by atoms with Crippen molar-refractivity contribution in [3.63, 3.8) is 0 Å². The number of nitrogens with zero attached hydrogens (tertiary/aromatic N) is 2. The van der Waals surface area contributed by atoms with E-state index in [4.69, 9.17) is 11.6 Å². The third kappa shape index (κ3) is 6.90. The molecule has 0 aliphatic carbocycles. The maximum absolute atomic E-state index is 12.5. The van der Waals surface area contributed by atoms with Crippen molar-refractivity contribution in [2.75, 3.05) is 11.9 Å². The SMILES string of the molecule is CCC(=O)Nc1cc(C(=O)NC(C)c2ccc(OCC(F)(F)F)nc2)c(Cl)cn1. The number of aromatic nitrogens is 2. The van der Waals surface area contributed by atoms with Crippen molar-refractivity contribution in [3.05, 3.63) is 46.7 Å². The molecule has 2 amide bonds. The van der Waals surface area contributed by atoms with E-state index in [1.165, 1.54) is 30.6 Å². The molecular weight excluding hydrogens is 413 g/mol. The molecule has 0 saturated carbocycles. The normalized spacial score (nSPS) is 12.2. The Hall–Kier alpha value is -2.88. The fourth-order valence-electron chi connectivity index (χ4n) is 2.16. The fraction of sp³-hybridized carbons (Fsp3) is 0.333. The lowest BCUT2D eigenvalue weighted by atomic mass is 10.1. The van der Waals surface area contributed by atoms with Crippen LogP contribution in [-0.2, 0) is 4.79 Å². The molecule has 0 aliphatic heterocycles. The summed E-state index contributed by atoms with van der Waals surface area (Å²) in [6, 6.07) is 3.60. The van der Waals surface area contributed by atoms with Crippen LogP contribution in [-0.4, -0.2) is 34.6 Å². The Morgan fingerprint density at radius 3 is 2.55 bits per heavy atom. The van der Waals surface area contributed by atoms with Gasteiger partial charge in [0, 0.05) is 24.9 Å². The highest BCUT2D eigenvalue weighted by Gasteiger charge is 2.28. The molecule has 2 heterocycles. The second-order valence-electron chi connectivity index (χ2n) is 5.98. The molecule has 2 N–H and O–H groups in total. The highest BCUT2D eigenvalue weighted by Crippen LogP contribution is 2.21. The largest absolute Gasteiger partial charge is 0.468 e. The molecule has 156 valence electrons. The van der Waals surface area contributed by atoms with Gasteiger partial charge in [0.2, 0.25) is 11.8 Å². The van der Waals surface area contributed by atoms with Gasteiger partial charge in [0.1, 0.15) is 5.82 Å². The van der Waals surface area contributed by atoms with Gasteiger partial charge < -0.3 is 15.4 Å². The molecule has 0 radical (unpaired) electrons. The van der Waals surface area contributed by atoms with E-state index in [1.54, 1.807) is 13.8 Å². The number of pyridine rings is 2. The molecule has 2 aromatic rings. The average Bonchev–Trinajstić information content (AvgIpc) is 2.67. The molecule has 0 saturated heterocycles. The number of alkyl halides is 3. The zero-order valence-corrected chi connectivity index (χ0v) is 16.3. The number of rotatable bonds is 7. The van der Waals surface area contributed by atoms with Gasteiger partial charge in [-0.1, -0.05) is 24.6 Å². The Kier molecular flexibility index (Phi) is 7.38. The molecule has 29 heavy (non-hydrogen) atoms. The van der Waals surface area contributed by atoms with E-state index in [9.17, 15) is 22.8 Å². The summed E-state index contributed by atoms with van der Waals surface area (Å²) in [5.74, 6) is -0.780. The lowest BCUT2D eigenvalue weighted by Crippen LogP contribution is -2.27. The molecule has 0 fully saturated rings. The smallest absolute Gasteiger partial charge is 0.422 e. The van der Waals surface area contributed by atoms with Gasteiger partial charge in [-0.2, -0.15) is 13.2 Å². The molecule has 1 atom stereocenters. The summed E-state index contributed by atoms with van der Waals surface area (Å²) >= 11 is 6.03. The summed E-state index contributed by atoms with van der Waals surface area (Å²) < 4.78 is 41.0. The van der Waals surface area contributed by atoms with E-state index < -0.39 is 24.7 Å². The number of halogens is 4. The third-order valence-electron chi connectivity index (χ3n) is 3.68. The summed E-state index contributed by atoms with van der Waals surface area (Å²) in [6.45, 7) is 1.90. The average molecular weight is 431 g/mol. The molecule has 1 unspecified atom stereocenters. The fourth-order valence-corrected chi connectivity index (χ4v) is 2.35. The van der Waals surface area contributed by atoms with Gasteiger partial charge in [-0.3, -0.25) is 9.59 Å². The first kappa shape index (κ1) is 22.4. The van der Waals surface area contributed by atoms with E-state index in [2.05, 4.69) is 25.3 Å². The summed E-state index contributed by atoms with van der Waals surface area (Å²) in [7, 11) is 0. The van der Waals surface area contributed by atoms with Gasteiger partial charge in [0.05, 0.1) is 16.6 Å². The van der Waals surface area contributed by atoms with E-state index in [0.717, 1.165) is 0 Å². The van der Waals surface area contributed by atoms with Crippen molar-refractivity contribution < 1.29 is 27.5 Å². The predicted molar refractivity (Wildman–Crippen MR) is 99.8 cm³/mol. The highest BCUT2D eigenvalue weighted by molar-refractivity contribution is 6.33. The van der Waals surface area contributed by atoms with Crippen molar-refractivity contribution in [1.82, 2.24) is 15.3 Å². The lowest BCUT2D eigenvalue weighted by Gasteiger charge is -2.16. The molecule has 0 bridgehead atoms. The molecule has 7 nitrogen and oxygen atoms in total. The van der Waals surface area contributed by atoms with Crippen LogP contribution in [0.3, 0.4) is 0 Å². The third-order valence-corrected chi connectivity index (χ3v) is 3.98. The minimum atomic E-state index is -4.46. The first-order valence-corrected chi connectivity index (χ1v) is 8.88. The Morgan fingerprint density at radius 2 is 1.97 bits per heavy atom. The first-order chi connectivity index (χ1) is 13.6. The van der Waals surface area contributed by atoms with Gasteiger partial charge >= 0.3 is 6.18 Å². The molecule has 11 heteroatoms. The maximum atomic E-state index is 12.5. The van der Waals surface area contributed by atoms with Crippen molar-refractivity contribution in [1.29, 1.82) is 0 Å². The summed E-state index contributed by atoms with van der Waals surface area (Å²) in [5, 5.41) is 5.33. The highest BCUT2D eigenvalue weighted by atomic mass is 35.5. The maximum Gasteiger partial charge on any atom is 0.422 e. The molecule has 2 rings (SSSR count). The number of ether oxygens (including phenoxy) is 1. The first-order valence-electron chi connectivity index (χ1n) is 8.50. The summed E-state index contributed by atoms with van der Waals surface area (Å²) in [6.07, 6.45) is -1.65. The van der Waals surface area contributed by atoms with Crippen LogP contribution in [0.1, 0.15) is 42.2 Å². The van der Waals surface area contributed by atoms with E-state index in [-0.39, 0.29) is 34.6 Å². The number of amides is 2. The quantitative estimate of drug-likeness (QED) is 0.694. The van der Waals surface area contributed by atoms with Crippen LogP contribution in [0.15, 0.2) is 30.6 Å². The Bertz CT molecular complexity index is 876. The van der Waals surface area contributed by atoms with Crippen LogP contribution >= 0.6 is 11.6 Å². The number of carbonyl (C=O) groups is 2. The topological polar surface area (TPSA) is 93.2 Å². The second kappa shape index (κ2) is 9.55. The molecule has 2 aromatic heterocycles. The van der Waals surface area contributed by atoms with E-state index in [0.29, 0.717) is 5.56 Å². The van der Waals surface area contributed by atoms with Crippen molar-refractivity contribution >= 4 is 29.2 Å². The summed E-state index contributed by atoms with van der Waals surface area (Å²) in [4.78, 5) is 31.7. The van der Waals surface area contributed by atoms with Gasteiger partial charge in [0.25, 0.3) is 5.91 Å². The number of anilines is 1. The van der Waals surface area contributed by atoms with Crippen LogP contribution in [0.25, 0.3) is 0 Å². The van der Waals surface area contributed by atoms with Gasteiger partial charge in [-0.05, 0) is 18.6 Å². The van der Waals surface area contributed by atoms with E-state index >= 15 is 0 Å². The van der Waals surface area contributed by atoms with Crippen molar-refractivity contribution in [2.24, 2.45) is 0 Å².